The molecule has 0 saturated carbocycles. The summed E-state index contributed by atoms with van der Waals surface area (Å²) in [5, 5.41) is 14.9. The third-order valence-corrected chi connectivity index (χ3v) is 3.59. The van der Waals surface area contributed by atoms with Crippen LogP contribution in [0.1, 0.15) is 10.5 Å². The Morgan fingerprint density at radius 2 is 2.05 bits per heavy atom. The SMILES string of the molecule is Nc1cc(-c2ccc(F)cc2)nn1-c1nc(C(=O)O)cs1. The van der Waals surface area contributed by atoms with Crippen molar-refractivity contribution in [3.63, 3.8) is 0 Å². The summed E-state index contributed by atoms with van der Waals surface area (Å²) in [7, 11) is 0. The predicted molar refractivity (Wildman–Crippen MR) is 76.0 cm³/mol. The van der Waals surface area contributed by atoms with Gasteiger partial charge in [0.05, 0.1) is 5.69 Å². The Balaban J connectivity index is 2.00. The highest BCUT2D eigenvalue weighted by Crippen LogP contribution is 2.24. The first-order valence-corrected chi connectivity index (χ1v) is 6.73. The molecule has 106 valence electrons. The molecule has 0 atom stereocenters. The number of anilines is 1. The second-order valence-corrected chi connectivity index (χ2v) is 5.03. The molecule has 0 aliphatic carbocycles. The number of hydrogen-bond donors (Lipinski definition) is 2. The van der Waals surface area contributed by atoms with E-state index in [0.29, 0.717) is 22.2 Å². The molecule has 2 heterocycles. The predicted octanol–water partition coefficient (Wildman–Crippen LogP) is 2.42. The van der Waals surface area contributed by atoms with Crippen LogP contribution >= 0.6 is 11.3 Å². The van der Waals surface area contributed by atoms with Crippen LogP contribution in [0.15, 0.2) is 35.7 Å². The minimum atomic E-state index is -1.11. The van der Waals surface area contributed by atoms with Gasteiger partial charge in [-0.05, 0) is 24.3 Å². The number of nitrogen functional groups attached to an aromatic ring is 1. The monoisotopic (exact) mass is 304 g/mol. The first kappa shape index (κ1) is 13.3. The van der Waals surface area contributed by atoms with Gasteiger partial charge in [0.1, 0.15) is 11.6 Å². The molecular weight excluding hydrogens is 295 g/mol. The van der Waals surface area contributed by atoms with Gasteiger partial charge in [-0.3, -0.25) is 0 Å². The van der Waals surface area contributed by atoms with E-state index < -0.39 is 5.97 Å². The van der Waals surface area contributed by atoms with Gasteiger partial charge in [0, 0.05) is 17.0 Å². The summed E-state index contributed by atoms with van der Waals surface area (Å²) in [6, 6.07) is 7.46. The topological polar surface area (TPSA) is 94.0 Å². The van der Waals surface area contributed by atoms with Crippen LogP contribution in [0.5, 0.6) is 0 Å². The first-order chi connectivity index (χ1) is 10.0. The number of hydrogen-bond acceptors (Lipinski definition) is 5. The Morgan fingerprint density at radius 3 is 2.67 bits per heavy atom. The van der Waals surface area contributed by atoms with Gasteiger partial charge >= 0.3 is 5.97 Å². The van der Waals surface area contributed by atoms with Gasteiger partial charge in [0.2, 0.25) is 5.13 Å². The number of halogens is 1. The van der Waals surface area contributed by atoms with E-state index in [1.54, 1.807) is 18.2 Å². The van der Waals surface area contributed by atoms with Crippen molar-refractivity contribution in [2.75, 3.05) is 5.73 Å². The Morgan fingerprint density at radius 1 is 1.33 bits per heavy atom. The number of rotatable bonds is 3. The number of aromatic nitrogens is 3. The largest absolute Gasteiger partial charge is 0.476 e. The zero-order valence-electron chi connectivity index (χ0n) is 10.5. The number of nitrogens with zero attached hydrogens (tertiary/aromatic N) is 3. The molecule has 2 aromatic heterocycles. The van der Waals surface area contributed by atoms with E-state index in [0.717, 1.165) is 11.3 Å². The van der Waals surface area contributed by atoms with Crippen LogP contribution < -0.4 is 5.73 Å². The zero-order valence-corrected chi connectivity index (χ0v) is 11.3. The maximum atomic E-state index is 12.9. The zero-order chi connectivity index (χ0) is 15.0. The van der Waals surface area contributed by atoms with Gasteiger partial charge in [-0.25, -0.2) is 14.2 Å². The molecule has 3 N–H and O–H groups in total. The number of carboxylic acids is 1. The fraction of sp³-hybridized carbons (Fsp3) is 0. The molecule has 8 heteroatoms. The lowest BCUT2D eigenvalue weighted by Crippen LogP contribution is -2.03. The van der Waals surface area contributed by atoms with Crippen molar-refractivity contribution in [3.05, 3.63) is 47.2 Å². The highest BCUT2D eigenvalue weighted by Gasteiger charge is 2.14. The summed E-state index contributed by atoms with van der Waals surface area (Å²) in [6.45, 7) is 0. The summed E-state index contributed by atoms with van der Waals surface area (Å²) in [5.41, 5.74) is 7.07. The van der Waals surface area contributed by atoms with Gasteiger partial charge < -0.3 is 10.8 Å². The minimum absolute atomic E-state index is 0.0618. The van der Waals surface area contributed by atoms with Crippen LogP contribution in [0, 0.1) is 5.82 Å². The van der Waals surface area contributed by atoms with Crippen LogP contribution in [0.3, 0.4) is 0 Å². The van der Waals surface area contributed by atoms with Gasteiger partial charge in [0.15, 0.2) is 5.69 Å². The second-order valence-electron chi connectivity index (χ2n) is 4.19. The Kier molecular flexibility index (Phi) is 3.15. The Labute approximate surface area is 122 Å². The average molecular weight is 304 g/mol. The van der Waals surface area contributed by atoms with E-state index in [4.69, 9.17) is 10.8 Å². The minimum Gasteiger partial charge on any atom is -0.476 e. The molecule has 6 nitrogen and oxygen atoms in total. The lowest BCUT2D eigenvalue weighted by molar-refractivity contribution is 0.0691. The molecule has 0 radical (unpaired) electrons. The molecule has 3 rings (SSSR count). The maximum Gasteiger partial charge on any atom is 0.355 e. The van der Waals surface area contributed by atoms with E-state index in [9.17, 15) is 9.18 Å². The summed E-state index contributed by atoms with van der Waals surface area (Å²) in [5.74, 6) is -1.13. The molecule has 0 aliphatic rings. The summed E-state index contributed by atoms with van der Waals surface area (Å²) >= 11 is 1.12. The molecule has 3 aromatic rings. The van der Waals surface area contributed by atoms with Gasteiger partial charge in [0.25, 0.3) is 0 Å². The molecule has 0 amide bonds. The maximum absolute atomic E-state index is 12.9. The normalized spacial score (nSPS) is 10.7. The molecule has 1 aromatic carbocycles. The van der Waals surface area contributed by atoms with E-state index in [1.807, 2.05) is 0 Å². The lowest BCUT2D eigenvalue weighted by Gasteiger charge is -1.97. The number of benzene rings is 1. The van der Waals surface area contributed by atoms with Crippen molar-refractivity contribution in [1.29, 1.82) is 0 Å². The highest BCUT2D eigenvalue weighted by atomic mass is 32.1. The van der Waals surface area contributed by atoms with Gasteiger partial charge in [-0.1, -0.05) is 0 Å². The third-order valence-electron chi connectivity index (χ3n) is 2.77. The molecule has 0 unspecified atom stereocenters. The number of nitrogens with two attached hydrogens (primary N) is 1. The summed E-state index contributed by atoms with van der Waals surface area (Å²) in [6.07, 6.45) is 0. The van der Waals surface area contributed by atoms with E-state index >= 15 is 0 Å². The molecule has 0 spiro atoms. The van der Waals surface area contributed by atoms with Crippen molar-refractivity contribution < 1.29 is 14.3 Å². The standard InChI is InChI=1S/C13H9FN4O2S/c14-8-3-1-7(2-4-8)9-5-11(15)18(17-9)13-16-10(6-21-13)12(19)20/h1-6H,15H2,(H,19,20). The van der Waals surface area contributed by atoms with Gasteiger partial charge in [-0.2, -0.15) is 9.78 Å². The summed E-state index contributed by atoms with van der Waals surface area (Å²) < 4.78 is 14.3. The average Bonchev–Trinajstić information content (AvgIpc) is 3.06. The second kappa shape index (κ2) is 4.98. The molecule has 0 bridgehead atoms. The van der Waals surface area contributed by atoms with Crippen LogP contribution in [0.25, 0.3) is 16.4 Å². The van der Waals surface area contributed by atoms with Crippen LogP contribution in [0.2, 0.25) is 0 Å². The molecule has 0 saturated heterocycles. The first-order valence-electron chi connectivity index (χ1n) is 5.85. The van der Waals surface area contributed by atoms with E-state index in [1.165, 1.54) is 22.2 Å². The fourth-order valence-electron chi connectivity index (χ4n) is 1.77. The number of thiazole rings is 1. The highest BCUT2D eigenvalue weighted by molar-refractivity contribution is 7.12. The van der Waals surface area contributed by atoms with Crippen LogP contribution in [0.4, 0.5) is 10.2 Å². The quantitative estimate of drug-likeness (QED) is 0.775. The Hall–Kier alpha value is -2.74. The van der Waals surface area contributed by atoms with E-state index in [2.05, 4.69) is 10.1 Å². The molecular formula is C13H9FN4O2S. The number of aromatic carboxylic acids is 1. The third kappa shape index (κ3) is 2.48. The van der Waals surface area contributed by atoms with Crippen molar-refractivity contribution in [3.8, 4) is 16.4 Å². The van der Waals surface area contributed by atoms with Crippen LogP contribution in [-0.2, 0) is 0 Å². The Bertz CT molecular complexity index is 810. The van der Waals surface area contributed by atoms with Gasteiger partial charge in [-0.15, -0.1) is 11.3 Å². The van der Waals surface area contributed by atoms with Crippen molar-refractivity contribution >= 4 is 23.1 Å². The van der Waals surface area contributed by atoms with Crippen molar-refractivity contribution in [2.24, 2.45) is 0 Å². The number of carbonyl (C=O) groups is 1. The molecule has 0 aliphatic heterocycles. The molecule has 21 heavy (non-hydrogen) atoms. The summed E-state index contributed by atoms with van der Waals surface area (Å²) in [4.78, 5) is 14.8. The number of carboxylic acid groups (broad SMARTS) is 1. The fourth-order valence-corrected chi connectivity index (χ4v) is 2.54. The smallest absolute Gasteiger partial charge is 0.355 e. The van der Waals surface area contributed by atoms with Crippen LogP contribution in [-0.4, -0.2) is 25.8 Å². The van der Waals surface area contributed by atoms with Crippen molar-refractivity contribution in [1.82, 2.24) is 14.8 Å². The molecule has 0 fully saturated rings. The lowest BCUT2D eigenvalue weighted by atomic mass is 10.1. The van der Waals surface area contributed by atoms with Crippen molar-refractivity contribution in [2.45, 2.75) is 0 Å². The van der Waals surface area contributed by atoms with E-state index in [-0.39, 0.29) is 11.5 Å².